The molecule has 2 rings (SSSR count). The van der Waals surface area contributed by atoms with Crippen molar-refractivity contribution in [3.63, 3.8) is 0 Å². The fourth-order valence-electron chi connectivity index (χ4n) is 1.40. The Morgan fingerprint density at radius 2 is 1.94 bits per heavy atom. The highest BCUT2D eigenvalue weighted by Crippen LogP contribution is 2.35. The Bertz CT molecular complexity index is 459. The van der Waals surface area contributed by atoms with Crippen molar-refractivity contribution in [1.82, 2.24) is 0 Å². The van der Waals surface area contributed by atoms with Gasteiger partial charge in [-0.05, 0) is 12.1 Å². The van der Waals surface area contributed by atoms with Crippen LogP contribution in [0.2, 0.25) is 0 Å². The molecule has 1 aromatic carbocycles. The first-order valence-electron chi connectivity index (χ1n) is 4.64. The normalized spacial score (nSPS) is 13.6. The predicted molar refractivity (Wildman–Crippen MR) is 52.0 cm³/mol. The lowest BCUT2D eigenvalue weighted by atomic mass is 10.2. The third kappa shape index (κ3) is 2.13. The second kappa shape index (κ2) is 3.83. The molecule has 0 spiro atoms. The fourth-order valence-corrected chi connectivity index (χ4v) is 1.40. The van der Waals surface area contributed by atoms with E-state index < -0.39 is 12.1 Å². The van der Waals surface area contributed by atoms with Gasteiger partial charge in [0.25, 0.3) is 0 Å². The molecule has 0 N–H and O–H groups in total. The lowest BCUT2D eigenvalue weighted by Gasteiger charge is -2.18. The van der Waals surface area contributed by atoms with Gasteiger partial charge in [-0.15, -0.1) is 0 Å². The number of amides is 1. The van der Waals surface area contributed by atoms with E-state index >= 15 is 0 Å². The number of carbonyl (C=O) groups excluding carboxylic acids is 1. The lowest BCUT2D eigenvalue weighted by molar-refractivity contribution is -0.170. The minimum Gasteiger partial charge on any atom is -0.454 e. The number of hydrogen-bond donors (Lipinski definition) is 0. The van der Waals surface area contributed by atoms with Crippen LogP contribution in [0.3, 0.4) is 0 Å². The van der Waals surface area contributed by atoms with Crippen LogP contribution in [0.4, 0.5) is 18.9 Å². The van der Waals surface area contributed by atoms with E-state index in [4.69, 9.17) is 9.47 Å². The highest BCUT2D eigenvalue weighted by Gasteiger charge is 2.41. The average molecular weight is 247 g/mol. The van der Waals surface area contributed by atoms with Crippen LogP contribution in [-0.2, 0) is 4.79 Å². The molecule has 17 heavy (non-hydrogen) atoms. The minimum atomic E-state index is -4.90. The molecule has 0 fully saturated rings. The Morgan fingerprint density at radius 1 is 1.29 bits per heavy atom. The molecule has 1 aliphatic heterocycles. The number of hydrogen-bond acceptors (Lipinski definition) is 3. The van der Waals surface area contributed by atoms with E-state index in [9.17, 15) is 18.0 Å². The average Bonchev–Trinajstić information content (AvgIpc) is 2.72. The molecular weight excluding hydrogens is 239 g/mol. The van der Waals surface area contributed by atoms with Crippen molar-refractivity contribution in [1.29, 1.82) is 0 Å². The number of halogens is 3. The first-order chi connectivity index (χ1) is 7.89. The number of nitrogens with zero attached hydrogens (tertiary/aromatic N) is 1. The summed E-state index contributed by atoms with van der Waals surface area (Å²) in [5.74, 6) is -1.16. The molecule has 1 aromatic rings. The predicted octanol–water partition coefficient (Wildman–Crippen LogP) is 1.94. The van der Waals surface area contributed by atoms with E-state index in [2.05, 4.69) is 0 Å². The zero-order chi connectivity index (χ0) is 12.6. The van der Waals surface area contributed by atoms with Crippen molar-refractivity contribution in [3.05, 3.63) is 18.2 Å². The molecule has 0 aliphatic carbocycles. The van der Waals surface area contributed by atoms with E-state index in [0.717, 1.165) is 7.05 Å². The maximum Gasteiger partial charge on any atom is 0.471 e. The van der Waals surface area contributed by atoms with Gasteiger partial charge in [-0.1, -0.05) is 0 Å². The van der Waals surface area contributed by atoms with Crippen LogP contribution < -0.4 is 14.4 Å². The Balaban J connectivity index is 2.26. The molecule has 4 nitrogen and oxygen atoms in total. The first kappa shape index (κ1) is 11.6. The summed E-state index contributed by atoms with van der Waals surface area (Å²) in [5.41, 5.74) is 0.0941. The van der Waals surface area contributed by atoms with Crippen molar-refractivity contribution in [2.24, 2.45) is 0 Å². The highest BCUT2D eigenvalue weighted by atomic mass is 19.4. The number of rotatable bonds is 1. The summed E-state index contributed by atoms with van der Waals surface area (Å²) in [5, 5.41) is 0. The van der Waals surface area contributed by atoms with Gasteiger partial charge in [0.1, 0.15) is 0 Å². The number of carbonyl (C=O) groups is 1. The third-order valence-electron chi connectivity index (χ3n) is 2.29. The van der Waals surface area contributed by atoms with E-state index in [-0.39, 0.29) is 12.5 Å². The monoisotopic (exact) mass is 247 g/mol. The van der Waals surface area contributed by atoms with Crippen LogP contribution in [0.5, 0.6) is 11.5 Å². The molecule has 0 bridgehead atoms. The zero-order valence-corrected chi connectivity index (χ0v) is 8.75. The quantitative estimate of drug-likeness (QED) is 0.761. The molecule has 92 valence electrons. The Kier molecular flexibility index (Phi) is 2.60. The molecule has 0 saturated heterocycles. The molecule has 7 heteroatoms. The summed E-state index contributed by atoms with van der Waals surface area (Å²) in [7, 11) is 1.05. The number of alkyl halides is 3. The van der Waals surface area contributed by atoms with Crippen LogP contribution in [0.1, 0.15) is 0 Å². The summed E-state index contributed by atoms with van der Waals surface area (Å²) in [6.45, 7) is 0.0235. The van der Waals surface area contributed by atoms with E-state index in [0.29, 0.717) is 16.4 Å². The van der Waals surface area contributed by atoms with Gasteiger partial charge in [0, 0.05) is 18.8 Å². The molecule has 0 unspecified atom stereocenters. The number of benzene rings is 1. The SMILES string of the molecule is CN(C(=O)C(F)(F)F)c1ccc2c(c1)OCO2. The maximum absolute atomic E-state index is 12.2. The molecule has 0 aromatic heterocycles. The zero-order valence-electron chi connectivity index (χ0n) is 8.75. The van der Waals surface area contributed by atoms with Gasteiger partial charge in [-0.25, -0.2) is 0 Å². The van der Waals surface area contributed by atoms with Crippen LogP contribution in [0, 0.1) is 0 Å². The molecule has 0 radical (unpaired) electrons. The molecule has 0 saturated carbocycles. The third-order valence-corrected chi connectivity index (χ3v) is 2.29. The van der Waals surface area contributed by atoms with Crippen LogP contribution >= 0.6 is 0 Å². The molecular formula is C10H8F3NO3. The van der Waals surface area contributed by atoms with Crippen molar-refractivity contribution < 1.29 is 27.4 Å². The molecule has 1 heterocycles. The first-order valence-corrected chi connectivity index (χ1v) is 4.64. The van der Waals surface area contributed by atoms with E-state index in [1.54, 1.807) is 0 Å². The lowest BCUT2D eigenvalue weighted by Crippen LogP contribution is -2.38. The topological polar surface area (TPSA) is 38.8 Å². The molecule has 1 aliphatic rings. The van der Waals surface area contributed by atoms with Gasteiger partial charge >= 0.3 is 12.1 Å². The van der Waals surface area contributed by atoms with Crippen molar-refractivity contribution in [2.45, 2.75) is 6.18 Å². The largest absolute Gasteiger partial charge is 0.471 e. The summed E-state index contributed by atoms with van der Waals surface area (Å²) in [6, 6.07) is 4.14. The number of fused-ring (bicyclic) bond motifs is 1. The van der Waals surface area contributed by atoms with Gasteiger partial charge in [0.05, 0.1) is 0 Å². The number of anilines is 1. The number of ether oxygens (including phenoxy) is 2. The van der Waals surface area contributed by atoms with E-state index in [1.807, 2.05) is 0 Å². The summed E-state index contributed by atoms with van der Waals surface area (Å²) < 4.78 is 46.7. The van der Waals surface area contributed by atoms with Crippen molar-refractivity contribution in [3.8, 4) is 11.5 Å². The fraction of sp³-hybridized carbons (Fsp3) is 0.300. The minimum absolute atomic E-state index is 0.0235. The van der Waals surface area contributed by atoms with Gasteiger partial charge in [-0.2, -0.15) is 13.2 Å². The van der Waals surface area contributed by atoms with Crippen LogP contribution in [0.15, 0.2) is 18.2 Å². The van der Waals surface area contributed by atoms with Crippen molar-refractivity contribution >= 4 is 11.6 Å². The van der Waals surface area contributed by atoms with Crippen LogP contribution in [-0.4, -0.2) is 25.9 Å². The smallest absolute Gasteiger partial charge is 0.454 e. The highest BCUT2D eigenvalue weighted by molar-refractivity contribution is 5.97. The summed E-state index contributed by atoms with van der Waals surface area (Å²) >= 11 is 0. The van der Waals surface area contributed by atoms with E-state index in [1.165, 1.54) is 18.2 Å². The van der Waals surface area contributed by atoms with Gasteiger partial charge < -0.3 is 14.4 Å². The van der Waals surface area contributed by atoms with Crippen LogP contribution in [0.25, 0.3) is 0 Å². The Labute approximate surface area is 94.5 Å². The Hall–Kier alpha value is -1.92. The van der Waals surface area contributed by atoms with Gasteiger partial charge in [-0.3, -0.25) is 4.79 Å². The molecule has 0 atom stereocenters. The second-order valence-electron chi connectivity index (χ2n) is 3.40. The molecule has 1 amide bonds. The van der Waals surface area contributed by atoms with Gasteiger partial charge in [0.2, 0.25) is 6.79 Å². The Morgan fingerprint density at radius 3 is 2.59 bits per heavy atom. The summed E-state index contributed by atoms with van der Waals surface area (Å²) in [6.07, 6.45) is -4.90. The van der Waals surface area contributed by atoms with Crippen molar-refractivity contribution in [2.75, 3.05) is 18.7 Å². The standard InChI is InChI=1S/C10H8F3NO3/c1-14(9(15)10(11,12)13)6-2-3-7-8(4-6)17-5-16-7/h2-4H,5H2,1H3. The summed E-state index contributed by atoms with van der Waals surface area (Å²) in [4.78, 5) is 11.5. The second-order valence-corrected chi connectivity index (χ2v) is 3.40. The van der Waals surface area contributed by atoms with Gasteiger partial charge in [0.15, 0.2) is 11.5 Å². The maximum atomic E-state index is 12.2.